The van der Waals surface area contributed by atoms with E-state index in [9.17, 15) is 5.11 Å². The normalized spacial score (nSPS) is 12.4. The monoisotopic (exact) mass is 377 g/mol. The van der Waals surface area contributed by atoms with Crippen molar-refractivity contribution in [3.05, 3.63) is 75.8 Å². The third-order valence-electron chi connectivity index (χ3n) is 3.67. The summed E-state index contributed by atoms with van der Waals surface area (Å²) in [7, 11) is 0. The van der Waals surface area contributed by atoms with E-state index in [0.29, 0.717) is 23.9 Å². The standard InChI is InChI=1S/C19H20ClNO3S/c20-16-3-5-18(6-4-16)24-13-17(22)11-21(10-15-7-9-25-14-15)12-19-2-1-8-23-19/h1-9,14,17,22H,10-13H2. The first-order valence-corrected chi connectivity index (χ1v) is 9.33. The molecule has 0 fully saturated rings. The van der Waals surface area contributed by atoms with Crippen molar-refractivity contribution in [3.63, 3.8) is 0 Å². The number of benzene rings is 1. The predicted octanol–water partition coefficient (Wildman–Crippen LogP) is 4.44. The predicted molar refractivity (Wildman–Crippen MR) is 100 cm³/mol. The van der Waals surface area contributed by atoms with Crippen LogP contribution in [0, 0.1) is 0 Å². The van der Waals surface area contributed by atoms with E-state index in [2.05, 4.69) is 21.7 Å². The number of ether oxygens (including phenoxy) is 1. The molecule has 2 heterocycles. The minimum absolute atomic E-state index is 0.222. The maximum atomic E-state index is 10.4. The van der Waals surface area contributed by atoms with Gasteiger partial charge in [0.1, 0.15) is 24.2 Å². The van der Waals surface area contributed by atoms with E-state index in [4.69, 9.17) is 20.8 Å². The summed E-state index contributed by atoms with van der Waals surface area (Å²) in [6.45, 7) is 2.10. The fourth-order valence-electron chi connectivity index (χ4n) is 2.52. The molecule has 1 atom stereocenters. The molecular weight excluding hydrogens is 358 g/mol. The van der Waals surface area contributed by atoms with Gasteiger partial charge in [0, 0.05) is 18.1 Å². The van der Waals surface area contributed by atoms with Gasteiger partial charge in [0.15, 0.2) is 0 Å². The van der Waals surface area contributed by atoms with Crippen molar-refractivity contribution < 1.29 is 14.3 Å². The van der Waals surface area contributed by atoms with Crippen molar-refractivity contribution in [2.45, 2.75) is 19.2 Å². The van der Waals surface area contributed by atoms with Crippen LogP contribution < -0.4 is 4.74 Å². The second-order valence-corrected chi connectivity index (χ2v) is 7.02. The van der Waals surface area contributed by atoms with Crippen LogP contribution in [0.4, 0.5) is 0 Å². The fourth-order valence-corrected chi connectivity index (χ4v) is 3.31. The minimum atomic E-state index is -0.607. The van der Waals surface area contributed by atoms with Gasteiger partial charge in [-0.25, -0.2) is 0 Å². The first-order chi connectivity index (χ1) is 12.2. The summed E-state index contributed by atoms with van der Waals surface area (Å²) in [5.74, 6) is 1.57. The number of hydrogen-bond acceptors (Lipinski definition) is 5. The first-order valence-electron chi connectivity index (χ1n) is 8.01. The summed E-state index contributed by atoms with van der Waals surface area (Å²) in [6.07, 6.45) is 1.06. The molecule has 0 saturated carbocycles. The fraction of sp³-hybridized carbons (Fsp3) is 0.263. The summed E-state index contributed by atoms with van der Waals surface area (Å²) in [5, 5.41) is 15.2. The molecule has 0 saturated heterocycles. The molecule has 1 unspecified atom stereocenters. The van der Waals surface area contributed by atoms with Crippen LogP contribution >= 0.6 is 22.9 Å². The molecule has 4 nitrogen and oxygen atoms in total. The van der Waals surface area contributed by atoms with E-state index in [-0.39, 0.29) is 6.61 Å². The zero-order valence-electron chi connectivity index (χ0n) is 13.7. The Morgan fingerprint density at radius 1 is 1.16 bits per heavy atom. The summed E-state index contributed by atoms with van der Waals surface area (Å²) in [4.78, 5) is 2.15. The summed E-state index contributed by atoms with van der Waals surface area (Å²) >= 11 is 7.53. The molecule has 25 heavy (non-hydrogen) atoms. The van der Waals surface area contributed by atoms with Crippen molar-refractivity contribution in [3.8, 4) is 5.75 Å². The molecule has 0 aliphatic carbocycles. The number of nitrogens with zero attached hydrogens (tertiary/aromatic N) is 1. The van der Waals surface area contributed by atoms with Gasteiger partial charge in [-0.05, 0) is 58.8 Å². The average molecular weight is 378 g/mol. The molecule has 0 amide bonds. The van der Waals surface area contributed by atoms with Crippen molar-refractivity contribution >= 4 is 22.9 Å². The van der Waals surface area contributed by atoms with E-state index >= 15 is 0 Å². The molecule has 0 aliphatic heterocycles. The molecular formula is C19H20ClNO3S. The van der Waals surface area contributed by atoms with E-state index in [1.165, 1.54) is 5.56 Å². The lowest BCUT2D eigenvalue weighted by molar-refractivity contribution is 0.0605. The van der Waals surface area contributed by atoms with Gasteiger partial charge in [-0.1, -0.05) is 11.6 Å². The molecule has 2 aromatic heterocycles. The van der Waals surface area contributed by atoms with Crippen LogP contribution in [0.1, 0.15) is 11.3 Å². The maximum Gasteiger partial charge on any atom is 0.119 e. The quantitative estimate of drug-likeness (QED) is 0.599. The first kappa shape index (κ1) is 18.0. The lowest BCUT2D eigenvalue weighted by Gasteiger charge is -2.24. The van der Waals surface area contributed by atoms with Gasteiger partial charge in [0.05, 0.1) is 12.8 Å². The molecule has 0 aliphatic rings. The number of halogens is 1. The van der Waals surface area contributed by atoms with E-state index in [1.54, 1.807) is 41.9 Å². The highest BCUT2D eigenvalue weighted by Gasteiger charge is 2.15. The third kappa shape index (κ3) is 5.90. The summed E-state index contributed by atoms with van der Waals surface area (Å²) in [6, 6.07) is 13.0. The third-order valence-corrected chi connectivity index (χ3v) is 4.65. The van der Waals surface area contributed by atoms with E-state index < -0.39 is 6.10 Å². The number of rotatable bonds is 9. The van der Waals surface area contributed by atoms with Crippen molar-refractivity contribution in [1.82, 2.24) is 4.90 Å². The SMILES string of the molecule is OC(COc1ccc(Cl)cc1)CN(Cc1ccsc1)Cc1ccco1. The van der Waals surface area contributed by atoms with E-state index in [1.807, 2.05) is 12.1 Å². The van der Waals surface area contributed by atoms with Crippen molar-refractivity contribution in [2.75, 3.05) is 13.2 Å². The minimum Gasteiger partial charge on any atom is -0.491 e. The van der Waals surface area contributed by atoms with Gasteiger partial charge >= 0.3 is 0 Å². The zero-order valence-corrected chi connectivity index (χ0v) is 15.2. The smallest absolute Gasteiger partial charge is 0.119 e. The largest absolute Gasteiger partial charge is 0.491 e. The molecule has 1 aromatic carbocycles. The van der Waals surface area contributed by atoms with Gasteiger partial charge in [-0.3, -0.25) is 4.90 Å². The van der Waals surface area contributed by atoms with Gasteiger partial charge in [0.25, 0.3) is 0 Å². The summed E-state index contributed by atoms with van der Waals surface area (Å²) in [5.41, 5.74) is 1.22. The second-order valence-electron chi connectivity index (χ2n) is 5.80. The molecule has 3 aromatic rings. The Balaban J connectivity index is 1.55. The zero-order chi connectivity index (χ0) is 17.5. The Morgan fingerprint density at radius 3 is 2.68 bits per heavy atom. The Labute approximate surface area is 156 Å². The van der Waals surface area contributed by atoms with Crippen molar-refractivity contribution in [1.29, 1.82) is 0 Å². The number of furan rings is 1. The highest BCUT2D eigenvalue weighted by atomic mass is 35.5. The van der Waals surface area contributed by atoms with E-state index in [0.717, 1.165) is 12.3 Å². The van der Waals surface area contributed by atoms with Crippen LogP contribution in [0.25, 0.3) is 0 Å². The molecule has 0 radical (unpaired) electrons. The summed E-state index contributed by atoms with van der Waals surface area (Å²) < 4.78 is 11.1. The van der Waals surface area contributed by atoms with Crippen LogP contribution in [-0.2, 0) is 13.1 Å². The molecule has 1 N–H and O–H groups in total. The average Bonchev–Trinajstić information content (AvgIpc) is 3.28. The highest BCUT2D eigenvalue weighted by molar-refractivity contribution is 7.07. The second kappa shape index (κ2) is 9.06. The van der Waals surface area contributed by atoms with Crippen molar-refractivity contribution in [2.24, 2.45) is 0 Å². The Bertz CT molecular complexity index is 692. The molecule has 6 heteroatoms. The molecule has 132 valence electrons. The highest BCUT2D eigenvalue weighted by Crippen LogP contribution is 2.17. The van der Waals surface area contributed by atoms with Gasteiger partial charge in [-0.2, -0.15) is 11.3 Å². The van der Waals surface area contributed by atoms with Crippen LogP contribution in [-0.4, -0.2) is 29.3 Å². The Hall–Kier alpha value is -1.79. The van der Waals surface area contributed by atoms with Gasteiger partial charge in [-0.15, -0.1) is 0 Å². The molecule has 0 bridgehead atoms. The van der Waals surface area contributed by atoms with Crippen LogP contribution in [0.3, 0.4) is 0 Å². The maximum absolute atomic E-state index is 10.4. The van der Waals surface area contributed by atoms with Gasteiger partial charge < -0.3 is 14.3 Å². The van der Waals surface area contributed by atoms with Crippen LogP contribution in [0.2, 0.25) is 5.02 Å². The Kier molecular flexibility index (Phi) is 6.53. The number of thiophene rings is 1. The van der Waals surface area contributed by atoms with Crippen LogP contribution in [0.5, 0.6) is 5.75 Å². The molecule has 3 rings (SSSR count). The number of aliphatic hydroxyl groups excluding tert-OH is 1. The van der Waals surface area contributed by atoms with Crippen LogP contribution in [0.15, 0.2) is 63.9 Å². The number of aliphatic hydroxyl groups is 1. The van der Waals surface area contributed by atoms with Gasteiger partial charge in [0.2, 0.25) is 0 Å². The lowest BCUT2D eigenvalue weighted by Crippen LogP contribution is -2.34. The Morgan fingerprint density at radius 2 is 2.00 bits per heavy atom. The number of hydrogen-bond donors (Lipinski definition) is 1. The molecule has 0 spiro atoms. The lowest BCUT2D eigenvalue weighted by atomic mass is 10.2. The topological polar surface area (TPSA) is 45.8 Å².